The van der Waals surface area contributed by atoms with Gasteiger partial charge in [0, 0.05) is 10.0 Å². The maximum absolute atomic E-state index is 12.3. The molecule has 126 valence electrons. The topological polar surface area (TPSA) is 77.0 Å². The molecule has 0 fully saturated rings. The number of aryl methyl sites for hydroxylation is 1. The van der Waals surface area contributed by atoms with Crippen LogP contribution in [0.15, 0.2) is 50.9 Å². The van der Waals surface area contributed by atoms with Gasteiger partial charge in [-0.15, -0.1) is 0 Å². The van der Waals surface area contributed by atoms with E-state index in [0.29, 0.717) is 22.8 Å². The summed E-state index contributed by atoms with van der Waals surface area (Å²) in [6.45, 7) is 3.77. The average molecular weight is 411 g/mol. The highest BCUT2D eigenvalue weighted by Gasteiger charge is 2.18. The van der Waals surface area contributed by atoms with E-state index in [0.717, 1.165) is 10.0 Å². The number of hydrogen-bond donors (Lipinski definition) is 1. The van der Waals surface area contributed by atoms with Crippen molar-refractivity contribution in [2.24, 2.45) is 5.10 Å². The first-order chi connectivity index (χ1) is 11.4. The number of benzene rings is 2. The molecule has 6 nitrogen and oxygen atoms in total. The molecule has 0 radical (unpaired) electrons. The summed E-state index contributed by atoms with van der Waals surface area (Å²) in [5, 5.41) is 4.00. The molecule has 24 heavy (non-hydrogen) atoms. The zero-order chi connectivity index (χ0) is 17.3. The molecule has 3 rings (SSSR count). The zero-order valence-electron chi connectivity index (χ0n) is 13.0. The molecular formula is C16H15BrN2O4S. The van der Waals surface area contributed by atoms with Gasteiger partial charge in [-0.3, -0.25) is 0 Å². The lowest BCUT2D eigenvalue weighted by Gasteiger charge is -2.08. The predicted molar refractivity (Wildman–Crippen MR) is 94.0 cm³/mol. The average Bonchev–Trinajstić information content (AvgIpc) is 2.99. The molecule has 2 aromatic rings. The van der Waals surface area contributed by atoms with E-state index < -0.39 is 10.0 Å². The van der Waals surface area contributed by atoms with Gasteiger partial charge in [-0.1, -0.05) is 17.7 Å². The Morgan fingerprint density at radius 2 is 1.79 bits per heavy atom. The van der Waals surface area contributed by atoms with Crippen LogP contribution in [-0.4, -0.2) is 20.9 Å². The van der Waals surface area contributed by atoms with Crippen molar-refractivity contribution < 1.29 is 17.9 Å². The van der Waals surface area contributed by atoms with Crippen LogP contribution in [0.1, 0.15) is 18.1 Å². The number of halogens is 1. The summed E-state index contributed by atoms with van der Waals surface area (Å²) >= 11 is 3.43. The lowest BCUT2D eigenvalue weighted by Crippen LogP contribution is -2.20. The van der Waals surface area contributed by atoms with E-state index in [1.807, 2.05) is 6.92 Å². The molecule has 0 spiro atoms. The normalized spacial score (nSPS) is 13.9. The van der Waals surface area contributed by atoms with Crippen molar-refractivity contribution in [2.45, 2.75) is 18.7 Å². The van der Waals surface area contributed by atoms with E-state index in [1.54, 1.807) is 43.3 Å². The maximum Gasteiger partial charge on any atom is 0.276 e. The van der Waals surface area contributed by atoms with E-state index in [-0.39, 0.29) is 11.7 Å². The van der Waals surface area contributed by atoms with E-state index in [2.05, 4.69) is 25.9 Å². The first kappa shape index (κ1) is 16.8. The van der Waals surface area contributed by atoms with E-state index in [1.165, 1.54) is 0 Å². The molecule has 0 saturated carbocycles. The van der Waals surface area contributed by atoms with Crippen LogP contribution >= 0.6 is 15.9 Å². The minimum atomic E-state index is -3.71. The van der Waals surface area contributed by atoms with Crippen LogP contribution in [0, 0.1) is 6.92 Å². The molecular weight excluding hydrogens is 396 g/mol. The van der Waals surface area contributed by atoms with Crippen molar-refractivity contribution in [1.82, 2.24) is 4.83 Å². The van der Waals surface area contributed by atoms with Crippen LogP contribution in [0.4, 0.5) is 0 Å². The fourth-order valence-corrected chi connectivity index (χ4v) is 3.62. The van der Waals surface area contributed by atoms with Crippen molar-refractivity contribution in [3.8, 4) is 11.5 Å². The third kappa shape index (κ3) is 3.39. The molecule has 8 heteroatoms. The van der Waals surface area contributed by atoms with Crippen LogP contribution in [0.3, 0.4) is 0 Å². The lowest BCUT2D eigenvalue weighted by atomic mass is 10.1. The molecule has 2 aromatic carbocycles. The van der Waals surface area contributed by atoms with Crippen LogP contribution in [0.25, 0.3) is 0 Å². The molecule has 0 amide bonds. The fraction of sp³-hybridized carbons (Fsp3) is 0.188. The Morgan fingerprint density at radius 3 is 2.46 bits per heavy atom. The highest BCUT2D eigenvalue weighted by Crippen LogP contribution is 2.37. The maximum atomic E-state index is 12.3. The number of rotatable bonds is 4. The number of nitrogens with one attached hydrogen (secondary N) is 1. The van der Waals surface area contributed by atoms with E-state index in [9.17, 15) is 8.42 Å². The number of sulfonamides is 1. The monoisotopic (exact) mass is 410 g/mol. The second-order valence-corrected chi connectivity index (χ2v) is 7.81. The molecule has 0 bridgehead atoms. The Morgan fingerprint density at radius 1 is 1.17 bits per heavy atom. The quantitative estimate of drug-likeness (QED) is 0.619. The van der Waals surface area contributed by atoms with Gasteiger partial charge < -0.3 is 9.47 Å². The van der Waals surface area contributed by atoms with Gasteiger partial charge in [0.15, 0.2) is 11.5 Å². The molecule has 1 heterocycles. The Bertz CT molecular complexity index is 908. The summed E-state index contributed by atoms with van der Waals surface area (Å²) in [5.41, 5.74) is 2.19. The van der Waals surface area contributed by atoms with Crippen molar-refractivity contribution in [2.75, 3.05) is 6.79 Å². The van der Waals surface area contributed by atoms with E-state index in [4.69, 9.17) is 9.47 Å². The van der Waals surface area contributed by atoms with Crippen LogP contribution in [-0.2, 0) is 10.0 Å². The number of ether oxygens (including phenoxy) is 2. The summed E-state index contributed by atoms with van der Waals surface area (Å²) in [6, 6.07) is 10.1. The lowest BCUT2D eigenvalue weighted by molar-refractivity contribution is 0.174. The molecule has 0 atom stereocenters. The molecule has 0 unspecified atom stereocenters. The number of fused-ring (bicyclic) bond motifs is 1. The van der Waals surface area contributed by atoms with Crippen molar-refractivity contribution in [1.29, 1.82) is 0 Å². The largest absolute Gasteiger partial charge is 0.454 e. The first-order valence-electron chi connectivity index (χ1n) is 7.09. The van der Waals surface area contributed by atoms with Crippen LogP contribution in [0.2, 0.25) is 0 Å². The molecule has 0 saturated heterocycles. The smallest absolute Gasteiger partial charge is 0.276 e. The summed E-state index contributed by atoms with van der Waals surface area (Å²) in [6.07, 6.45) is 0. The van der Waals surface area contributed by atoms with Gasteiger partial charge in [0.2, 0.25) is 6.79 Å². The van der Waals surface area contributed by atoms with E-state index >= 15 is 0 Å². The summed E-state index contributed by atoms with van der Waals surface area (Å²) in [4.78, 5) is 2.42. The summed E-state index contributed by atoms with van der Waals surface area (Å²) < 4.78 is 35.9. The van der Waals surface area contributed by atoms with Crippen molar-refractivity contribution >= 4 is 31.7 Å². The summed E-state index contributed by atoms with van der Waals surface area (Å²) in [7, 11) is -3.71. The third-order valence-electron chi connectivity index (χ3n) is 3.52. The van der Waals surface area contributed by atoms with Crippen LogP contribution in [0.5, 0.6) is 11.5 Å². The summed E-state index contributed by atoms with van der Waals surface area (Å²) in [5.74, 6) is 1.24. The third-order valence-corrected chi connectivity index (χ3v) is 5.40. The van der Waals surface area contributed by atoms with Gasteiger partial charge in [0.1, 0.15) is 0 Å². The number of hydrogen-bond acceptors (Lipinski definition) is 5. The molecule has 1 aliphatic heterocycles. The Hall–Kier alpha value is -2.06. The minimum absolute atomic E-state index is 0.161. The SMILES string of the molecule is C/C(=N\NS(=O)(=O)c1ccc(C)cc1)c1cc2c(cc1Br)OCO2. The van der Waals surface area contributed by atoms with Gasteiger partial charge in [-0.05, 0) is 54.0 Å². The Kier molecular flexibility index (Phi) is 4.51. The second kappa shape index (κ2) is 6.45. The molecule has 0 aromatic heterocycles. The van der Waals surface area contributed by atoms with Gasteiger partial charge in [-0.2, -0.15) is 18.4 Å². The van der Waals surface area contributed by atoms with Crippen LogP contribution < -0.4 is 14.3 Å². The van der Waals surface area contributed by atoms with Crippen molar-refractivity contribution in [3.05, 3.63) is 52.0 Å². The highest BCUT2D eigenvalue weighted by molar-refractivity contribution is 9.10. The van der Waals surface area contributed by atoms with Gasteiger partial charge >= 0.3 is 0 Å². The number of hydrazone groups is 1. The van der Waals surface area contributed by atoms with Crippen molar-refractivity contribution in [3.63, 3.8) is 0 Å². The number of nitrogens with zero attached hydrogens (tertiary/aromatic N) is 1. The minimum Gasteiger partial charge on any atom is -0.454 e. The van der Waals surface area contributed by atoms with Gasteiger partial charge in [0.05, 0.1) is 10.6 Å². The van der Waals surface area contributed by atoms with Gasteiger partial charge in [-0.25, -0.2) is 0 Å². The Balaban J connectivity index is 1.85. The zero-order valence-corrected chi connectivity index (χ0v) is 15.4. The highest BCUT2D eigenvalue weighted by atomic mass is 79.9. The molecule has 0 aliphatic carbocycles. The molecule has 1 N–H and O–H groups in total. The fourth-order valence-electron chi connectivity index (χ4n) is 2.15. The first-order valence-corrected chi connectivity index (χ1v) is 9.37. The standard InChI is InChI=1S/C16H15BrN2O4S/c1-10-3-5-12(6-4-10)24(20,21)19-18-11(2)13-7-15-16(8-14(13)17)23-9-22-15/h3-8,19H,9H2,1-2H3/b18-11+. The Labute approximate surface area is 148 Å². The van der Waals surface area contributed by atoms with Gasteiger partial charge in [0.25, 0.3) is 10.0 Å². The molecule has 1 aliphatic rings. The predicted octanol–water partition coefficient (Wildman–Crippen LogP) is 3.19. The second-order valence-electron chi connectivity index (χ2n) is 5.29.